The normalized spacial score (nSPS) is 13.6. The summed E-state index contributed by atoms with van der Waals surface area (Å²) in [6, 6.07) is 1.76. The molecule has 0 amide bonds. The molecule has 0 saturated heterocycles. The van der Waals surface area contributed by atoms with Crippen molar-refractivity contribution in [2.24, 2.45) is 0 Å². The Balaban J connectivity index is 5.70. The van der Waals surface area contributed by atoms with Crippen LogP contribution in [0.2, 0.25) is 5.04 Å². The third-order valence-electron chi connectivity index (χ3n) is 5.34. The van der Waals surface area contributed by atoms with Gasteiger partial charge in [0.1, 0.15) is 0 Å². The zero-order chi connectivity index (χ0) is 18.1. The van der Waals surface area contributed by atoms with E-state index in [1.165, 1.54) is 38.5 Å². The Kier molecular flexibility index (Phi) is 10.9. The quantitative estimate of drug-likeness (QED) is 0.433. The Morgan fingerprint density at radius 3 is 0.913 bits per heavy atom. The summed E-state index contributed by atoms with van der Waals surface area (Å²) in [6.07, 6.45) is 7.15. The summed E-state index contributed by atoms with van der Waals surface area (Å²) < 4.78 is 0. The minimum atomic E-state index is -2.06. The van der Waals surface area contributed by atoms with Crippen LogP contribution in [0.3, 0.4) is 0 Å². The highest BCUT2D eigenvalue weighted by atomic mass is 28.4. The highest BCUT2D eigenvalue weighted by Gasteiger charge is 2.48. The molecular formula is C19H45N3Si. The second-order valence-electron chi connectivity index (χ2n) is 7.97. The molecule has 0 aliphatic rings. The first-order chi connectivity index (χ1) is 10.7. The van der Waals surface area contributed by atoms with E-state index in [9.17, 15) is 0 Å². The summed E-state index contributed by atoms with van der Waals surface area (Å²) >= 11 is 0. The standard InChI is InChI=1S/C19H45N3Si/c1-10-16(11-2)20-23(19(7,8)9,21-17(12-3)13-4)22-18(14-5)15-6/h16-18,20-22H,10-15H2,1-9H3. The fraction of sp³-hybridized carbons (Fsp3) is 1.00. The van der Waals surface area contributed by atoms with Gasteiger partial charge in [0, 0.05) is 18.1 Å². The lowest BCUT2D eigenvalue weighted by Crippen LogP contribution is -2.81. The van der Waals surface area contributed by atoms with E-state index in [1.807, 2.05) is 0 Å². The van der Waals surface area contributed by atoms with Gasteiger partial charge in [-0.2, -0.15) is 0 Å². The van der Waals surface area contributed by atoms with E-state index in [1.54, 1.807) is 0 Å². The maximum absolute atomic E-state index is 4.12. The Hall–Kier alpha value is 0.0969. The number of hydrogen-bond acceptors (Lipinski definition) is 3. The van der Waals surface area contributed by atoms with Crippen molar-refractivity contribution in [3.8, 4) is 0 Å². The molecule has 23 heavy (non-hydrogen) atoms. The molecule has 0 atom stereocenters. The lowest BCUT2D eigenvalue weighted by molar-refractivity contribution is 0.446. The van der Waals surface area contributed by atoms with Crippen LogP contribution in [-0.4, -0.2) is 26.7 Å². The molecule has 4 heteroatoms. The molecule has 0 saturated carbocycles. The van der Waals surface area contributed by atoms with Crippen LogP contribution in [0.4, 0.5) is 0 Å². The molecule has 0 aromatic heterocycles. The predicted molar refractivity (Wildman–Crippen MR) is 108 cm³/mol. The molecule has 0 aromatic carbocycles. The number of rotatable bonds is 12. The van der Waals surface area contributed by atoms with Gasteiger partial charge in [0.15, 0.2) is 0 Å². The van der Waals surface area contributed by atoms with Gasteiger partial charge in [-0.15, -0.1) is 0 Å². The molecule has 0 radical (unpaired) electrons. The summed E-state index contributed by atoms with van der Waals surface area (Å²) in [4.78, 5) is 12.4. The fourth-order valence-electron chi connectivity index (χ4n) is 3.17. The first-order valence-corrected chi connectivity index (χ1v) is 12.1. The number of nitrogens with one attached hydrogen (secondary N) is 3. The lowest BCUT2D eigenvalue weighted by atomic mass is 10.2. The molecule has 0 aliphatic heterocycles. The van der Waals surface area contributed by atoms with Crippen LogP contribution >= 0.6 is 0 Å². The minimum absolute atomic E-state index is 0.209. The van der Waals surface area contributed by atoms with Gasteiger partial charge < -0.3 is 14.9 Å². The van der Waals surface area contributed by atoms with Crippen molar-refractivity contribution in [3.63, 3.8) is 0 Å². The first kappa shape index (κ1) is 23.1. The Labute approximate surface area is 148 Å². The van der Waals surface area contributed by atoms with Crippen molar-refractivity contribution in [2.75, 3.05) is 0 Å². The van der Waals surface area contributed by atoms with Gasteiger partial charge in [-0.25, -0.2) is 0 Å². The maximum atomic E-state index is 4.12. The van der Waals surface area contributed by atoms with Crippen molar-refractivity contribution in [2.45, 2.75) is 124 Å². The summed E-state index contributed by atoms with van der Waals surface area (Å²) in [6.45, 7) is 21.0. The molecule has 0 fully saturated rings. The van der Waals surface area contributed by atoms with E-state index < -0.39 is 8.56 Å². The molecule has 0 aliphatic carbocycles. The van der Waals surface area contributed by atoms with Gasteiger partial charge >= 0.3 is 0 Å². The zero-order valence-corrected chi connectivity index (χ0v) is 18.5. The Morgan fingerprint density at radius 1 is 0.565 bits per heavy atom. The molecule has 0 spiro atoms. The van der Waals surface area contributed by atoms with Crippen LogP contribution in [0.5, 0.6) is 0 Å². The number of hydrogen-bond donors (Lipinski definition) is 3. The summed E-state index contributed by atoms with van der Waals surface area (Å²) in [7, 11) is -2.06. The van der Waals surface area contributed by atoms with E-state index in [0.717, 1.165) is 0 Å². The van der Waals surface area contributed by atoms with Crippen LogP contribution in [0.25, 0.3) is 0 Å². The van der Waals surface area contributed by atoms with Crippen LogP contribution < -0.4 is 14.9 Å². The predicted octanol–water partition coefficient (Wildman–Crippen LogP) is 5.06. The summed E-state index contributed by atoms with van der Waals surface area (Å²) in [5.74, 6) is 0. The molecule has 0 aromatic rings. The van der Waals surface area contributed by atoms with Crippen molar-refractivity contribution < 1.29 is 0 Å². The minimum Gasteiger partial charge on any atom is -0.310 e. The van der Waals surface area contributed by atoms with Crippen molar-refractivity contribution in [1.82, 2.24) is 14.9 Å². The molecule has 0 heterocycles. The van der Waals surface area contributed by atoms with Crippen LogP contribution in [0.1, 0.15) is 101 Å². The van der Waals surface area contributed by atoms with Crippen molar-refractivity contribution in [3.05, 3.63) is 0 Å². The van der Waals surface area contributed by atoms with E-state index in [4.69, 9.17) is 0 Å². The third kappa shape index (κ3) is 6.85. The van der Waals surface area contributed by atoms with Gasteiger partial charge in [-0.3, -0.25) is 0 Å². The van der Waals surface area contributed by atoms with E-state index >= 15 is 0 Å². The molecule has 0 rings (SSSR count). The summed E-state index contributed by atoms with van der Waals surface area (Å²) in [5.41, 5.74) is 0. The molecule has 0 unspecified atom stereocenters. The molecule has 3 N–H and O–H groups in total. The SMILES string of the molecule is CCC(CC)N[Si](NC(CC)CC)(NC(CC)CC)C(C)(C)C. The van der Waals surface area contributed by atoms with Gasteiger partial charge in [-0.05, 0) is 43.6 Å². The molecular weight excluding hydrogens is 298 g/mol. The fourth-order valence-corrected chi connectivity index (χ4v) is 7.78. The van der Waals surface area contributed by atoms with Crippen molar-refractivity contribution in [1.29, 1.82) is 0 Å². The Bertz CT molecular complexity index is 253. The van der Waals surface area contributed by atoms with Gasteiger partial charge in [-0.1, -0.05) is 62.3 Å². The van der Waals surface area contributed by atoms with Crippen LogP contribution in [0.15, 0.2) is 0 Å². The third-order valence-corrected chi connectivity index (χ3v) is 10.1. The van der Waals surface area contributed by atoms with Gasteiger partial charge in [0.05, 0.1) is 0 Å². The Morgan fingerprint density at radius 2 is 0.783 bits per heavy atom. The largest absolute Gasteiger partial charge is 0.310 e. The van der Waals surface area contributed by atoms with Gasteiger partial charge in [0.2, 0.25) is 0 Å². The topological polar surface area (TPSA) is 36.1 Å². The van der Waals surface area contributed by atoms with Gasteiger partial charge in [0.25, 0.3) is 8.56 Å². The molecule has 140 valence electrons. The average Bonchev–Trinajstić information content (AvgIpc) is 2.53. The van der Waals surface area contributed by atoms with Crippen LogP contribution in [-0.2, 0) is 0 Å². The molecule has 0 bridgehead atoms. The average molecular weight is 344 g/mol. The smallest absolute Gasteiger partial charge is 0.287 e. The lowest BCUT2D eigenvalue weighted by Gasteiger charge is -2.49. The van der Waals surface area contributed by atoms with E-state index in [0.29, 0.717) is 18.1 Å². The van der Waals surface area contributed by atoms with E-state index in [-0.39, 0.29) is 5.04 Å². The summed E-state index contributed by atoms with van der Waals surface area (Å²) in [5, 5.41) is 0.209. The van der Waals surface area contributed by atoms with Crippen molar-refractivity contribution >= 4 is 8.56 Å². The van der Waals surface area contributed by atoms with E-state index in [2.05, 4.69) is 77.3 Å². The highest BCUT2D eigenvalue weighted by molar-refractivity contribution is 6.75. The second kappa shape index (κ2) is 10.9. The maximum Gasteiger partial charge on any atom is 0.287 e. The monoisotopic (exact) mass is 343 g/mol. The van der Waals surface area contributed by atoms with Crippen LogP contribution in [0, 0.1) is 0 Å². The second-order valence-corrected chi connectivity index (χ2v) is 11.8. The first-order valence-electron chi connectivity index (χ1n) is 10.1. The zero-order valence-electron chi connectivity index (χ0n) is 17.5. The highest BCUT2D eigenvalue weighted by Crippen LogP contribution is 2.33. The molecule has 3 nitrogen and oxygen atoms in total.